The Kier molecular flexibility index (Phi) is 2.52. The van der Waals surface area contributed by atoms with Gasteiger partial charge in [-0.3, -0.25) is 0 Å². The lowest BCUT2D eigenvalue weighted by Crippen LogP contribution is -2.51. The standard InChI is InChI=1S/C8H16O3/c1-4-5(2)11-6(3)8(10)7(4)9/h4-10H,1-3H3/t4?,5-,6?,7?,8-/m1/s1. The monoisotopic (exact) mass is 160 g/mol. The van der Waals surface area contributed by atoms with Crippen LogP contribution in [0.2, 0.25) is 0 Å². The quantitative estimate of drug-likeness (QED) is 0.530. The van der Waals surface area contributed by atoms with Crippen LogP contribution in [0.4, 0.5) is 0 Å². The minimum absolute atomic E-state index is 0.0150. The van der Waals surface area contributed by atoms with E-state index in [9.17, 15) is 10.2 Å². The van der Waals surface area contributed by atoms with Gasteiger partial charge in [-0.1, -0.05) is 6.92 Å². The molecule has 0 amide bonds. The van der Waals surface area contributed by atoms with Gasteiger partial charge in [-0.05, 0) is 13.8 Å². The summed E-state index contributed by atoms with van der Waals surface area (Å²) in [6.07, 6.45) is -1.60. The number of ether oxygens (including phenoxy) is 1. The van der Waals surface area contributed by atoms with Crippen molar-refractivity contribution >= 4 is 0 Å². The summed E-state index contributed by atoms with van der Waals surface area (Å²) in [7, 11) is 0. The summed E-state index contributed by atoms with van der Waals surface area (Å²) < 4.78 is 5.37. The van der Waals surface area contributed by atoms with Crippen LogP contribution in [-0.2, 0) is 4.74 Å². The van der Waals surface area contributed by atoms with E-state index in [0.29, 0.717) is 0 Å². The maximum atomic E-state index is 9.46. The zero-order valence-electron chi connectivity index (χ0n) is 7.19. The van der Waals surface area contributed by atoms with E-state index in [-0.39, 0.29) is 18.1 Å². The van der Waals surface area contributed by atoms with Crippen LogP contribution in [-0.4, -0.2) is 34.6 Å². The van der Waals surface area contributed by atoms with Gasteiger partial charge in [-0.2, -0.15) is 0 Å². The Labute approximate surface area is 67.0 Å². The molecule has 0 bridgehead atoms. The average Bonchev–Trinajstić information content (AvgIpc) is 1.97. The van der Waals surface area contributed by atoms with E-state index in [1.54, 1.807) is 6.92 Å². The molecule has 11 heavy (non-hydrogen) atoms. The molecule has 1 aliphatic heterocycles. The number of aliphatic hydroxyl groups is 2. The van der Waals surface area contributed by atoms with Gasteiger partial charge in [-0.25, -0.2) is 0 Å². The van der Waals surface area contributed by atoms with Gasteiger partial charge in [0.1, 0.15) is 6.10 Å². The second kappa shape index (κ2) is 3.09. The summed E-state index contributed by atoms with van der Waals surface area (Å²) >= 11 is 0. The summed E-state index contributed by atoms with van der Waals surface area (Å²) in [5, 5.41) is 18.8. The largest absolute Gasteiger partial charge is 0.390 e. The third-order valence-corrected chi connectivity index (χ3v) is 2.54. The SMILES string of the molecule is CC1O[C@H](C)C(C)C(O)[C@@H]1O. The Hall–Kier alpha value is -0.120. The number of hydrogen-bond donors (Lipinski definition) is 2. The van der Waals surface area contributed by atoms with E-state index in [1.807, 2.05) is 13.8 Å². The van der Waals surface area contributed by atoms with Gasteiger partial charge in [0.05, 0.1) is 18.3 Å². The molecule has 3 nitrogen and oxygen atoms in total. The molecule has 0 aromatic carbocycles. The molecule has 1 fully saturated rings. The van der Waals surface area contributed by atoms with E-state index in [1.165, 1.54) is 0 Å². The first kappa shape index (κ1) is 8.97. The van der Waals surface area contributed by atoms with Crippen molar-refractivity contribution in [2.45, 2.75) is 45.2 Å². The van der Waals surface area contributed by atoms with Crippen LogP contribution < -0.4 is 0 Å². The van der Waals surface area contributed by atoms with Crippen molar-refractivity contribution in [2.75, 3.05) is 0 Å². The maximum absolute atomic E-state index is 9.46. The smallest absolute Gasteiger partial charge is 0.106 e. The molecule has 1 saturated heterocycles. The van der Waals surface area contributed by atoms with E-state index >= 15 is 0 Å². The van der Waals surface area contributed by atoms with Crippen LogP contribution in [0.5, 0.6) is 0 Å². The number of aliphatic hydroxyl groups excluding tert-OH is 2. The van der Waals surface area contributed by atoms with Gasteiger partial charge in [0.25, 0.3) is 0 Å². The first-order valence-electron chi connectivity index (χ1n) is 4.05. The molecular formula is C8H16O3. The van der Waals surface area contributed by atoms with Crippen molar-refractivity contribution in [3.8, 4) is 0 Å². The highest BCUT2D eigenvalue weighted by Crippen LogP contribution is 2.24. The highest BCUT2D eigenvalue weighted by atomic mass is 16.5. The fourth-order valence-electron chi connectivity index (χ4n) is 1.41. The predicted octanol–water partition coefficient (Wildman–Crippen LogP) is 0.152. The molecule has 1 heterocycles. The van der Waals surface area contributed by atoms with Crippen molar-refractivity contribution in [1.82, 2.24) is 0 Å². The molecular weight excluding hydrogens is 144 g/mol. The average molecular weight is 160 g/mol. The molecule has 0 aromatic heterocycles. The van der Waals surface area contributed by atoms with Gasteiger partial charge in [0, 0.05) is 5.92 Å². The zero-order valence-corrected chi connectivity index (χ0v) is 7.19. The topological polar surface area (TPSA) is 49.7 Å². The van der Waals surface area contributed by atoms with Gasteiger partial charge in [0.15, 0.2) is 0 Å². The predicted molar refractivity (Wildman–Crippen MR) is 41.2 cm³/mol. The highest BCUT2D eigenvalue weighted by molar-refractivity contribution is 4.86. The fourth-order valence-corrected chi connectivity index (χ4v) is 1.41. The van der Waals surface area contributed by atoms with E-state index in [2.05, 4.69) is 0 Å². The maximum Gasteiger partial charge on any atom is 0.106 e. The third kappa shape index (κ3) is 1.55. The minimum atomic E-state index is -0.735. The Morgan fingerprint density at radius 2 is 1.45 bits per heavy atom. The van der Waals surface area contributed by atoms with Crippen molar-refractivity contribution in [1.29, 1.82) is 0 Å². The van der Waals surface area contributed by atoms with Crippen molar-refractivity contribution in [3.63, 3.8) is 0 Å². The van der Waals surface area contributed by atoms with E-state index < -0.39 is 12.2 Å². The first-order valence-corrected chi connectivity index (χ1v) is 4.05. The summed E-state index contributed by atoms with van der Waals surface area (Å²) in [5.74, 6) is 0.0150. The second-order valence-electron chi connectivity index (χ2n) is 3.39. The second-order valence-corrected chi connectivity index (χ2v) is 3.39. The van der Waals surface area contributed by atoms with Crippen molar-refractivity contribution < 1.29 is 14.9 Å². The van der Waals surface area contributed by atoms with Gasteiger partial charge >= 0.3 is 0 Å². The van der Waals surface area contributed by atoms with Crippen molar-refractivity contribution in [2.24, 2.45) is 5.92 Å². The molecule has 1 rings (SSSR count). The minimum Gasteiger partial charge on any atom is -0.390 e. The first-order chi connectivity index (χ1) is 5.04. The molecule has 0 aromatic rings. The van der Waals surface area contributed by atoms with Crippen LogP contribution in [0.3, 0.4) is 0 Å². The summed E-state index contributed by atoms with van der Waals surface area (Å²) in [6, 6.07) is 0. The van der Waals surface area contributed by atoms with Crippen LogP contribution in [0.15, 0.2) is 0 Å². The molecule has 1 aliphatic rings. The number of hydrogen-bond acceptors (Lipinski definition) is 3. The number of rotatable bonds is 0. The molecule has 0 spiro atoms. The van der Waals surface area contributed by atoms with Crippen LogP contribution in [0.25, 0.3) is 0 Å². The van der Waals surface area contributed by atoms with E-state index in [4.69, 9.17) is 4.74 Å². The highest BCUT2D eigenvalue weighted by Gasteiger charge is 2.37. The van der Waals surface area contributed by atoms with Crippen LogP contribution in [0, 0.1) is 5.92 Å². The van der Waals surface area contributed by atoms with Gasteiger partial charge < -0.3 is 14.9 Å². The van der Waals surface area contributed by atoms with Gasteiger partial charge in [-0.15, -0.1) is 0 Å². The molecule has 66 valence electrons. The normalized spacial score (nSPS) is 52.6. The zero-order chi connectivity index (χ0) is 8.59. The van der Waals surface area contributed by atoms with Crippen LogP contribution >= 0.6 is 0 Å². The Morgan fingerprint density at radius 3 is 2.00 bits per heavy atom. The Morgan fingerprint density at radius 1 is 0.909 bits per heavy atom. The Balaban J connectivity index is 2.63. The summed E-state index contributed by atoms with van der Waals surface area (Å²) in [5.41, 5.74) is 0. The summed E-state index contributed by atoms with van der Waals surface area (Å²) in [6.45, 7) is 5.57. The van der Waals surface area contributed by atoms with Gasteiger partial charge in [0.2, 0.25) is 0 Å². The Bertz CT molecular complexity index is 123. The van der Waals surface area contributed by atoms with E-state index in [0.717, 1.165) is 0 Å². The molecule has 0 radical (unpaired) electrons. The molecule has 0 aliphatic carbocycles. The lowest BCUT2D eigenvalue weighted by atomic mass is 9.89. The molecule has 5 atom stereocenters. The molecule has 2 N–H and O–H groups in total. The molecule has 3 heteroatoms. The third-order valence-electron chi connectivity index (χ3n) is 2.54. The lowest BCUT2D eigenvalue weighted by Gasteiger charge is -2.38. The summed E-state index contributed by atoms with van der Waals surface area (Å²) in [4.78, 5) is 0. The van der Waals surface area contributed by atoms with Crippen molar-refractivity contribution in [3.05, 3.63) is 0 Å². The van der Waals surface area contributed by atoms with Crippen LogP contribution in [0.1, 0.15) is 20.8 Å². The lowest BCUT2D eigenvalue weighted by molar-refractivity contribution is -0.184. The molecule has 3 unspecified atom stereocenters. The molecule has 0 saturated carbocycles. The fraction of sp³-hybridized carbons (Fsp3) is 1.00.